The first-order valence-electron chi connectivity index (χ1n) is 11.5. The van der Waals surface area contributed by atoms with Crippen LogP contribution in [0.5, 0.6) is 5.75 Å². The summed E-state index contributed by atoms with van der Waals surface area (Å²) in [4.78, 5) is 23.6. The molecule has 0 aliphatic rings. The standard InChI is InChI=1S/C26H29ClN4O3/c1-5-6-7-10-34-20-9-8-18(21(27)13-20)14-31-17(4)29-23-15(2)11-19(12-22(23)31)25-28-16(3)24(30-25)26(32)33/h8-9,11-13H,5-7,10,14H2,1-4H3,(H,28,30)(H,32,33). The van der Waals surface area contributed by atoms with E-state index in [0.29, 0.717) is 29.7 Å². The van der Waals surface area contributed by atoms with Crippen molar-refractivity contribution in [1.82, 2.24) is 19.5 Å². The summed E-state index contributed by atoms with van der Waals surface area (Å²) in [6, 6.07) is 9.78. The summed E-state index contributed by atoms with van der Waals surface area (Å²) in [5, 5.41) is 10.0. The molecule has 0 unspecified atom stereocenters. The molecule has 7 nitrogen and oxygen atoms in total. The highest BCUT2D eigenvalue weighted by Gasteiger charge is 2.18. The number of aromatic nitrogens is 4. The number of hydrogen-bond acceptors (Lipinski definition) is 4. The van der Waals surface area contributed by atoms with E-state index >= 15 is 0 Å². The average molecular weight is 481 g/mol. The van der Waals surface area contributed by atoms with E-state index in [2.05, 4.69) is 21.5 Å². The van der Waals surface area contributed by atoms with Crippen molar-refractivity contribution in [2.24, 2.45) is 0 Å². The number of nitrogens with one attached hydrogen (secondary N) is 1. The van der Waals surface area contributed by atoms with Crippen LogP contribution in [0.3, 0.4) is 0 Å². The lowest BCUT2D eigenvalue weighted by Crippen LogP contribution is -2.03. The quantitative estimate of drug-likeness (QED) is 0.273. The fourth-order valence-electron chi connectivity index (χ4n) is 4.11. The number of aromatic carboxylic acids is 1. The summed E-state index contributed by atoms with van der Waals surface area (Å²) >= 11 is 6.61. The Morgan fingerprint density at radius 1 is 1.15 bits per heavy atom. The Morgan fingerprint density at radius 3 is 2.62 bits per heavy atom. The van der Waals surface area contributed by atoms with E-state index in [0.717, 1.165) is 58.6 Å². The highest BCUT2D eigenvalue weighted by molar-refractivity contribution is 6.31. The summed E-state index contributed by atoms with van der Waals surface area (Å²) in [5.41, 5.74) is 5.15. The van der Waals surface area contributed by atoms with Gasteiger partial charge in [0.1, 0.15) is 23.1 Å². The Hall–Kier alpha value is -3.32. The zero-order valence-corrected chi connectivity index (χ0v) is 20.7. The second-order valence-corrected chi connectivity index (χ2v) is 8.97. The second kappa shape index (κ2) is 9.89. The zero-order chi connectivity index (χ0) is 24.4. The van der Waals surface area contributed by atoms with Gasteiger partial charge in [0, 0.05) is 10.6 Å². The highest BCUT2D eigenvalue weighted by Crippen LogP contribution is 2.30. The van der Waals surface area contributed by atoms with Crippen molar-refractivity contribution in [2.45, 2.75) is 53.5 Å². The number of benzene rings is 2. The number of halogens is 1. The van der Waals surface area contributed by atoms with Gasteiger partial charge in [-0.25, -0.2) is 14.8 Å². The third-order valence-corrected chi connectivity index (χ3v) is 6.33. The summed E-state index contributed by atoms with van der Waals surface area (Å²) in [7, 11) is 0. The molecule has 0 aliphatic carbocycles. The van der Waals surface area contributed by atoms with Crippen LogP contribution in [0.4, 0.5) is 0 Å². The third-order valence-electron chi connectivity index (χ3n) is 5.98. The normalized spacial score (nSPS) is 11.3. The van der Waals surface area contributed by atoms with Crippen LogP contribution in [0.2, 0.25) is 5.02 Å². The molecule has 2 aromatic heterocycles. The molecule has 2 aromatic carbocycles. The van der Waals surface area contributed by atoms with Gasteiger partial charge in [-0.15, -0.1) is 0 Å². The molecule has 0 atom stereocenters. The van der Waals surface area contributed by atoms with Crippen LogP contribution in [-0.4, -0.2) is 37.2 Å². The van der Waals surface area contributed by atoms with Gasteiger partial charge in [0.15, 0.2) is 0 Å². The van der Waals surface area contributed by atoms with Crippen LogP contribution in [-0.2, 0) is 6.54 Å². The van der Waals surface area contributed by atoms with Gasteiger partial charge in [-0.3, -0.25) is 0 Å². The van der Waals surface area contributed by atoms with E-state index in [1.807, 2.05) is 44.2 Å². The number of carboxylic acids is 1. The van der Waals surface area contributed by atoms with Crippen molar-refractivity contribution in [1.29, 1.82) is 0 Å². The zero-order valence-electron chi connectivity index (χ0n) is 19.9. The summed E-state index contributed by atoms with van der Waals surface area (Å²) in [6.07, 6.45) is 3.33. The number of fused-ring (bicyclic) bond motifs is 1. The predicted molar refractivity (Wildman–Crippen MR) is 134 cm³/mol. The molecule has 4 rings (SSSR count). The predicted octanol–water partition coefficient (Wildman–Crippen LogP) is 6.32. The molecule has 4 aromatic rings. The fraction of sp³-hybridized carbons (Fsp3) is 0.346. The molecule has 0 saturated heterocycles. The average Bonchev–Trinajstić information content (AvgIpc) is 3.33. The number of carbonyl (C=O) groups is 1. The van der Waals surface area contributed by atoms with Crippen molar-refractivity contribution in [3.05, 3.63) is 63.7 Å². The lowest BCUT2D eigenvalue weighted by Gasteiger charge is -2.12. The number of unbranched alkanes of at least 4 members (excludes halogenated alkanes) is 2. The van der Waals surface area contributed by atoms with Crippen molar-refractivity contribution >= 4 is 28.6 Å². The van der Waals surface area contributed by atoms with Crippen LogP contribution in [0, 0.1) is 20.8 Å². The number of hydrogen-bond donors (Lipinski definition) is 2. The smallest absolute Gasteiger partial charge is 0.354 e. The lowest BCUT2D eigenvalue weighted by molar-refractivity contribution is 0.0690. The van der Waals surface area contributed by atoms with Gasteiger partial charge in [-0.2, -0.15) is 0 Å². The summed E-state index contributed by atoms with van der Waals surface area (Å²) in [6.45, 7) is 9.06. The van der Waals surface area contributed by atoms with Crippen LogP contribution in [0.15, 0.2) is 30.3 Å². The van der Waals surface area contributed by atoms with Crippen LogP contribution >= 0.6 is 11.6 Å². The number of H-pyrrole nitrogens is 1. The Kier molecular flexibility index (Phi) is 6.93. The van der Waals surface area contributed by atoms with E-state index in [9.17, 15) is 9.90 Å². The van der Waals surface area contributed by atoms with Crippen molar-refractivity contribution in [2.75, 3.05) is 6.61 Å². The first-order valence-corrected chi connectivity index (χ1v) is 11.8. The van der Waals surface area contributed by atoms with Crippen LogP contribution in [0.1, 0.15) is 59.3 Å². The van der Waals surface area contributed by atoms with Gasteiger partial charge in [0.2, 0.25) is 0 Å². The molecule has 0 amide bonds. The van der Waals surface area contributed by atoms with Gasteiger partial charge in [-0.05, 0) is 62.6 Å². The summed E-state index contributed by atoms with van der Waals surface area (Å²) < 4.78 is 7.94. The largest absolute Gasteiger partial charge is 0.494 e. The lowest BCUT2D eigenvalue weighted by atomic mass is 10.1. The van der Waals surface area contributed by atoms with Crippen LogP contribution < -0.4 is 4.74 Å². The van der Waals surface area contributed by atoms with Crippen molar-refractivity contribution in [3.8, 4) is 17.1 Å². The number of carboxylic acid groups (broad SMARTS) is 1. The molecule has 0 saturated carbocycles. The Balaban J connectivity index is 1.66. The minimum absolute atomic E-state index is 0.0984. The summed E-state index contributed by atoms with van der Waals surface area (Å²) in [5.74, 6) is 1.14. The van der Waals surface area contributed by atoms with Crippen molar-refractivity contribution in [3.63, 3.8) is 0 Å². The molecule has 34 heavy (non-hydrogen) atoms. The minimum atomic E-state index is -1.03. The molecule has 0 radical (unpaired) electrons. The van der Waals surface area contributed by atoms with Gasteiger partial charge in [-0.1, -0.05) is 37.4 Å². The topological polar surface area (TPSA) is 93.0 Å². The maximum atomic E-state index is 11.4. The number of rotatable bonds is 9. The Labute approximate surface area is 203 Å². The molecule has 2 N–H and O–H groups in total. The number of imidazole rings is 2. The van der Waals surface area contributed by atoms with E-state index < -0.39 is 5.97 Å². The minimum Gasteiger partial charge on any atom is -0.494 e. The highest BCUT2D eigenvalue weighted by atomic mass is 35.5. The number of ether oxygens (including phenoxy) is 1. The molecule has 2 heterocycles. The van der Waals surface area contributed by atoms with Crippen LogP contribution in [0.25, 0.3) is 22.4 Å². The Bertz CT molecular complexity index is 1360. The van der Waals surface area contributed by atoms with Gasteiger partial charge in [0.25, 0.3) is 0 Å². The van der Waals surface area contributed by atoms with E-state index in [1.165, 1.54) is 0 Å². The maximum absolute atomic E-state index is 11.4. The molecule has 0 bridgehead atoms. The molecule has 0 aliphatic heterocycles. The first-order chi connectivity index (χ1) is 16.3. The molecular weight excluding hydrogens is 452 g/mol. The number of aryl methyl sites for hydroxylation is 3. The second-order valence-electron chi connectivity index (χ2n) is 8.57. The van der Waals surface area contributed by atoms with E-state index in [-0.39, 0.29) is 5.69 Å². The van der Waals surface area contributed by atoms with E-state index in [1.54, 1.807) is 6.92 Å². The maximum Gasteiger partial charge on any atom is 0.354 e. The monoisotopic (exact) mass is 480 g/mol. The van der Waals surface area contributed by atoms with Crippen molar-refractivity contribution < 1.29 is 14.6 Å². The SMILES string of the molecule is CCCCCOc1ccc(Cn2c(C)nc3c(C)cc(-c4nc(C)c(C(=O)O)[nH]4)cc32)c(Cl)c1. The molecule has 178 valence electrons. The van der Waals surface area contributed by atoms with E-state index in [4.69, 9.17) is 21.3 Å². The Morgan fingerprint density at radius 2 is 1.94 bits per heavy atom. The molecular formula is C26H29ClN4O3. The van der Waals surface area contributed by atoms with Gasteiger partial charge < -0.3 is 19.4 Å². The molecule has 0 spiro atoms. The fourth-order valence-corrected chi connectivity index (χ4v) is 4.34. The number of aromatic amines is 1. The van der Waals surface area contributed by atoms with Gasteiger partial charge in [0.05, 0.1) is 29.9 Å². The molecule has 0 fully saturated rings. The first kappa shape index (κ1) is 23.8. The molecule has 8 heteroatoms. The van der Waals surface area contributed by atoms with Gasteiger partial charge >= 0.3 is 5.97 Å². The number of nitrogens with zero attached hydrogens (tertiary/aromatic N) is 3. The third kappa shape index (κ3) is 4.80.